The molecule has 0 aliphatic carbocycles. The van der Waals surface area contributed by atoms with Crippen LogP contribution < -0.4 is 4.72 Å². The first-order valence-corrected chi connectivity index (χ1v) is 5.78. The van der Waals surface area contributed by atoms with Crippen molar-refractivity contribution < 1.29 is 13.2 Å². The van der Waals surface area contributed by atoms with Crippen LogP contribution in [0.1, 0.15) is 17.3 Å². The number of benzene rings is 1. The van der Waals surface area contributed by atoms with E-state index in [1.54, 1.807) is 25.1 Å². The van der Waals surface area contributed by atoms with Gasteiger partial charge in [0, 0.05) is 11.3 Å². The second-order valence-corrected chi connectivity index (χ2v) is 4.76. The van der Waals surface area contributed by atoms with Gasteiger partial charge in [-0.3, -0.25) is 9.52 Å². The van der Waals surface area contributed by atoms with Gasteiger partial charge in [0.05, 0.1) is 5.75 Å². The Morgan fingerprint density at radius 1 is 1.43 bits per heavy atom. The van der Waals surface area contributed by atoms with Gasteiger partial charge in [-0.1, -0.05) is 12.1 Å². The van der Waals surface area contributed by atoms with Gasteiger partial charge in [-0.15, -0.1) is 0 Å². The van der Waals surface area contributed by atoms with Crippen molar-refractivity contribution in [2.45, 2.75) is 6.92 Å². The van der Waals surface area contributed by atoms with Gasteiger partial charge in [0.15, 0.2) is 0 Å². The van der Waals surface area contributed by atoms with Crippen LogP contribution in [0.5, 0.6) is 0 Å². The second-order valence-electron chi connectivity index (χ2n) is 2.75. The largest absolute Gasteiger partial charge is 0.298 e. The number of rotatable bonds is 4. The van der Waals surface area contributed by atoms with E-state index in [4.69, 9.17) is 0 Å². The molecule has 0 aliphatic rings. The second kappa shape index (κ2) is 4.23. The van der Waals surface area contributed by atoms with Gasteiger partial charge in [0.2, 0.25) is 10.0 Å². The smallest absolute Gasteiger partial charge is 0.232 e. The maximum atomic E-state index is 11.2. The monoisotopic (exact) mass is 213 g/mol. The van der Waals surface area contributed by atoms with Crippen molar-refractivity contribution >= 4 is 22.0 Å². The van der Waals surface area contributed by atoms with Crippen LogP contribution in [-0.4, -0.2) is 20.5 Å². The summed E-state index contributed by atoms with van der Waals surface area (Å²) < 4.78 is 24.7. The molecule has 0 spiro atoms. The molecule has 0 unspecified atom stereocenters. The van der Waals surface area contributed by atoms with E-state index >= 15 is 0 Å². The van der Waals surface area contributed by atoms with Crippen molar-refractivity contribution in [1.82, 2.24) is 0 Å². The Morgan fingerprint density at radius 3 is 2.71 bits per heavy atom. The van der Waals surface area contributed by atoms with Crippen molar-refractivity contribution in [2.75, 3.05) is 10.5 Å². The average molecular weight is 213 g/mol. The lowest BCUT2D eigenvalue weighted by Crippen LogP contribution is -2.14. The predicted octanol–water partition coefficient (Wildman–Crippen LogP) is 1.26. The number of hydrogen-bond acceptors (Lipinski definition) is 3. The molecule has 1 rings (SSSR count). The van der Waals surface area contributed by atoms with Crippen LogP contribution >= 0.6 is 0 Å². The summed E-state index contributed by atoms with van der Waals surface area (Å²) in [5.41, 5.74) is 0.859. The van der Waals surface area contributed by atoms with Crippen molar-refractivity contribution in [3.05, 3.63) is 29.8 Å². The van der Waals surface area contributed by atoms with Crippen LogP contribution in [0, 0.1) is 0 Å². The first-order chi connectivity index (χ1) is 6.57. The third-order valence-corrected chi connectivity index (χ3v) is 2.98. The van der Waals surface area contributed by atoms with Crippen molar-refractivity contribution in [2.24, 2.45) is 0 Å². The lowest BCUT2D eigenvalue weighted by Gasteiger charge is -2.05. The summed E-state index contributed by atoms with van der Waals surface area (Å²) in [6.07, 6.45) is 0.670. The first kappa shape index (κ1) is 10.7. The average Bonchev–Trinajstić information content (AvgIpc) is 2.17. The molecule has 1 aromatic carbocycles. The zero-order chi connectivity index (χ0) is 10.6. The topological polar surface area (TPSA) is 63.2 Å². The maximum Gasteiger partial charge on any atom is 0.232 e. The van der Waals surface area contributed by atoms with Gasteiger partial charge in [0.25, 0.3) is 0 Å². The standard InChI is InChI=1S/C9H11NO3S/c1-2-14(12,13)10-9-5-3-4-8(6-9)7-11/h3-7,10H,2H2,1H3. The molecular weight excluding hydrogens is 202 g/mol. The minimum absolute atomic E-state index is 0.0122. The summed E-state index contributed by atoms with van der Waals surface area (Å²) in [5.74, 6) is 0.0122. The van der Waals surface area contributed by atoms with Gasteiger partial charge >= 0.3 is 0 Å². The minimum Gasteiger partial charge on any atom is -0.298 e. The lowest BCUT2D eigenvalue weighted by atomic mass is 10.2. The molecule has 0 heterocycles. The van der Waals surface area contributed by atoms with Crippen molar-refractivity contribution in [1.29, 1.82) is 0 Å². The first-order valence-electron chi connectivity index (χ1n) is 4.13. The van der Waals surface area contributed by atoms with E-state index < -0.39 is 10.0 Å². The van der Waals surface area contributed by atoms with E-state index in [2.05, 4.69) is 4.72 Å². The van der Waals surface area contributed by atoms with Gasteiger partial charge < -0.3 is 0 Å². The summed E-state index contributed by atoms with van der Waals surface area (Å²) in [7, 11) is -3.26. The highest BCUT2D eigenvalue weighted by Gasteiger charge is 2.06. The molecule has 0 aliphatic heterocycles. The summed E-state index contributed by atoms with van der Waals surface area (Å²) in [6.45, 7) is 1.55. The Labute approximate surface area is 83.0 Å². The molecule has 0 radical (unpaired) electrons. The minimum atomic E-state index is -3.26. The molecule has 0 aromatic heterocycles. The van der Waals surface area contributed by atoms with Gasteiger partial charge in [-0.2, -0.15) is 0 Å². The zero-order valence-electron chi connectivity index (χ0n) is 7.73. The number of hydrogen-bond donors (Lipinski definition) is 1. The normalized spacial score (nSPS) is 10.9. The highest BCUT2D eigenvalue weighted by Crippen LogP contribution is 2.10. The van der Waals surface area contributed by atoms with Gasteiger partial charge in [0.1, 0.15) is 6.29 Å². The third kappa shape index (κ3) is 2.85. The molecule has 4 nitrogen and oxygen atoms in total. The lowest BCUT2D eigenvalue weighted by molar-refractivity contribution is 0.112. The molecule has 0 atom stereocenters. The van der Waals surface area contributed by atoms with Crippen LogP contribution in [0.2, 0.25) is 0 Å². The Morgan fingerprint density at radius 2 is 2.14 bits per heavy atom. The van der Waals surface area contributed by atoms with Crippen LogP contribution in [0.15, 0.2) is 24.3 Å². The summed E-state index contributed by atoms with van der Waals surface area (Å²) in [6, 6.07) is 6.31. The Bertz CT molecular complexity index is 425. The molecule has 76 valence electrons. The molecular formula is C9H11NO3S. The zero-order valence-corrected chi connectivity index (χ0v) is 8.54. The van der Waals surface area contributed by atoms with Crippen LogP contribution in [0.25, 0.3) is 0 Å². The number of aldehydes is 1. The van der Waals surface area contributed by atoms with E-state index in [1.165, 1.54) is 6.07 Å². The number of anilines is 1. The SMILES string of the molecule is CCS(=O)(=O)Nc1cccc(C=O)c1. The Kier molecular flexibility index (Phi) is 3.24. The van der Waals surface area contributed by atoms with Crippen LogP contribution in [0.4, 0.5) is 5.69 Å². The van der Waals surface area contributed by atoms with E-state index in [1.807, 2.05) is 0 Å². The summed E-state index contributed by atoms with van der Waals surface area (Å²) in [5, 5.41) is 0. The fraction of sp³-hybridized carbons (Fsp3) is 0.222. The number of sulfonamides is 1. The Hall–Kier alpha value is -1.36. The molecule has 1 N–H and O–H groups in total. The highest BCUT2D eigenvalue weighted by molar-refractivity contribution is 7.92. The van der Waals surface area contributed by atoms with E-state index in [0.29, 0.717) is 17.5 Å². The molecule has 0 bridgehead atoms. The van der Waals surface area contributed by atoms with Crippen molar-refractivity contribution in [3.8, 4) is 0 Å². The molecule has 5 heteroatoms. The van der Waals surface area contributed by atoms with E-state index in [0.717, 1.165) is 0 Å². The molecule has 0 fully saturated rings. The highest BCUT2D eigenvalue weighted by atomic mass is 32.2. The van der Waals surface area contributed by atoms with Crippen LogP contribution in [0.3, 0.4) is 0 Å². The quantitative estimate of drug-likeness (QED) is 0.766. The fourth-order valence-electron chi connectivity index (χ4n) is 0.927. The summed E-state index contributed by atoms with van der Waals surface area (Å²) in [4.78, 5) is 10.4. The van der Waals surface area contributed by atoms with Crippen LogP contribution in [-0.2, 0) is 10.0 Å². The number of carbonyl (C=O) groups is 1. The van der Waals surface area contributed by atoms with Gasteiger partial charge in [-0.25, -0.2) is 8.42 Å². The third-order valence-electron chi connectivity index (χ3n) is 1.68. The molecule has 14 heavy (non-hydrogen) atoms. The molecule has 0 amide bonds. The fourth-order valence-corrected chi connectivity index (χ4v) is 1.56. The van der Waals surface area contributed by atoms with E-state index in [9.17, 15) is 13.2 Å². The molecule has 0 saturated carbocycles. The number of nitrogens with one attached hydrogen (secondary N) is 1. The Balaban J connectivity index is 2.92. The van der Waals surface area contributed by atoms with Crippen molar-refractivity contribution in [3.63, 3.8) is 0 Å². The predicted molar refractivity (Wildman–Crippen MR) is 54.9 cm³/mol. The summed E-state index contributed by atoms with van der Waals surface area (Å²) >= 11 is 0. The van der Waals surface area contributed by atoms with E-state index in [-0.39, 0.29) is 5.75 Å². The van der Waals surface area contributed by atoms with Gasteiger partial charge in [-0.05, 0) is 19.1 Å². The molecule has 1 aromatic rings. The molecule has 0 saturated heterocycles. The number of carbonyl (C=O) groups excluding carboxylic acids is 1. The maximum absolute atomic E-state index is 11.2.